The van der Waals surface area contributed by atoms with Gasteiger partial charge in [0.05, 0.1) is 0 Å². The van der Waals surface area contributed by atoms with Gasteiger partial charge in [-0.05, 0) is 29.7 Å². The van der Waals surface area contributed by atoms with Crippen LogP contribution in [-0.2, 0) is 9.53 Å². The first-order valence-electron chi connectivity index (χ1n) is 5.17. The third-order valence-electron chi connectivity index (χ3n) is 2.29. The molecule has 0 aliphatic carbocycles. The van der Waals surface area contributed by atoms with Crippen LogP contribution in [0.4, 0.5) is 4.39 Å². The predicted octanol–water partition coefficient (Wildman–Crippen LogP) is 1.94. The zero-order chi connectivity index (χ0) is 13.1. The number of thiophene rings is 1. The smallest absolute Gasteiger partial charge is 0.348 e. The summed E-state index contributed by atoms with van der Waals surface area (Å²) in [6.07, 6.45) is 0. The van der Waals surface area contributed by atoms with E-state index in [9.17, 15) is 14.0 Å². The molecule has 0 atom stereocenters. The quantitative estimate of drug-likeness (QED) is 0.865. The number of carbonyl (C=O) groups excluding carboxylic acids is 2. The van der Waals surface area contributed by atoms with Crippen LogP contribution in [-0.4, -0.2) is 25.5 Å². The lowest BCUT2D eigenvalue weighted by Gasteiger charge is -2.00. The average molecular weight is 267 g/mol. The second kappa shape index (κ2) is 5.14. The van der Waals surface area contributed by atoms with Crippen LogP contribution in [0.15, 0.2) is 24.3 Å². The van der Waals surface area contributed by atoms with Gasteiger partial charge in [0.25, 0.3) is 5.91 Å². The van der Waals surface area contributed by atoms with E-state index in [1.165, 1.54) is 30.5 Å². The Morgan fingerprint density at radius 1 is 1.39 bits per heavy atom. The fourth-order valence-corrected chi connectivity index (χ4v) is 2.33. The fourth-order valence-electron chi connectivity index (χ4n) is 1.39. The molecule has 2 rings (SSSR count). The summed E-state index contributed by atoms with van der Waals surface area (Å²) in [5, 5.41) is 2.99. The molecule has 94 valence electrons. The summed E-state index contributed by atoms with van der Waals surface area (Å²) in [6.45, 7) is -0.321. The highest BCUT2D eigenvalue weighted by atomic mass is 32.1. The van der Waals surface area contributed by atoms with Gasteiger partial charge in [-0.25, -0.2) is 9.18 Å². The molecule has 2 aromatic rings. The van der Waals surface area contributed by atoms with Crippen molar-refractivity contribution in [1.29, 1.82) is 0 Å². The van der Waals surface area contributed by atoms with Crippen molar-refractivity contribution in [3.8, 4) is 0 Å². The monoisotopic (exact) mass is 267 g/mol. The number of likely N-dealkylation sites (N-methyl/N-ethyl adjacent to an activating group) is 1. The molecule has 0 unspecified atom stereocenters. The van der Waals surface area contributed by atoms with E-state index in [4.69, 9.17) is 4.74 Å². The van der Waals surface area contributed by atoms with Gasteiger partial charge in [-0.2, -0.15) is 0 Å². The van der Waals surface area contributed by atoms with Crippen molar-refractivity contribution in [1.82, 2.24) is 5.32 Å². The highest BCUT2D eigenvalue weighted by Crippen LogP contribution is 2.26. The number of esters is 1. The second-order valence-electron chi connectivity index (χ2n) is 3.54. The fraction of sp³-hybridized carbons (Fsp3) is 0.167. The molecule has 0 aliphatic heterocycles. The normalized spacial score (nSPS) is 10.3. The van der Waals surface area contributed by atoms with Crippen LogP contribution in [0.5, 0.6) is 0 Å². The summed E-state index contributed by atoms with van der Waals surface area (Å²) in [6, 6.07) is 5.83. The van der Waals surface area contributed by atoms with Crippen LogP contribution < -0.4 is 5.32 Å². The molecule has 18 heavy (non-hydrogen) atoms. The first-order chi connectivity index (χ1) is 8.60. The number of rotatable bonds is 3. The molecule has 1 amide bonds. The average Bonchev–Trinajstić information content (AvgIpc) is 2.78. The molecule has 4 nitrogen and oxygen atoms in total. The Kier molecular flexibility index (Phi) is 3.57. The van der Waals surface area contributed by atoms with Crippen LogP contribution in [0.25, 0.3) is 10.1 Å². The van der Waals surface area contributed by atoms with E-state index in [-0.39, 0.29) is 18.3 Å². The van der Waals surface area contributed by atoms with Crippen molar-refractivity contribution >= 4 is 33.3 Å². The summed E-state index contributed by atoms with van der Waals surface area (Å²) in [4.78, 5) is 22.9. The van der Waals surface area contributed by atoms with E-state index < -0.39 is 5.97 Å². The van der Waals surface area contributed by atoms with Gasteiger partial charge in [0, 0.05) is 11.7 Å². The number of fused-ring (bicyclic) bond motifs is 1. The summed E-state index contributed by atoms with van der Waals surface area (Å²) < 4.78 is 18.6. The molecule has 0 bridgehead atoms. The van der Waals surface area contributed by atoms with E-state index in [1.807, 2.05) is 0 Å². The summed E-state index contributed by atoms with van der Waals surface area (Å²) in [7, 11) is 1.46. The maximum atomic E-state index is 13.0. The molecule has 1 heterocycles. The minimum absolute atomic E-state index is 0.321. The number of hydrogen-bond acceptors (Lipinski definition) is 4. The lowest BCUT2D eigenvalue weighted by atomic mass is 10.2. The van der Waals surface area contributed by atoms with Crippen molar-refractivity contribution in [2.45, 2.75) is 0 Å². The molecular weight excluding hydrogens is 257 g/mol. The minimum Gasteiger partial charge on any atom is -0.451 e. The minimum atomic E-state index is -0.583. The molecule has 0 saturated heterocycles. The standard InChI is InChI=1S/C12H10FNO3S/c1-14-11(15)6-17-12(16)10-5-7-4-8(13)2-3-9(7)18-10/h2-5H,6H2,1H3,(H,14,15). The van der Waals surface area contributed by atoms with Crippen LogP contribution in [0.3, 0.4) is 0 Å². The van der Waals surface area contributed by atoms with E-state index in [0.29, 0.717) is 10.3 Å². The lowest BCUT2D eigenvalue weighted by molar-refractivity contribution is -0.123. The van der Waals surface area contributed by atoms with E-state index >= 15 is 0 Å². The molecule has 0 spiro atoms. The Labute approximate surface area is 106 Å². The number of halogens is 1. The van der Waals surface area contributed by atoms with Crippen molar-refractivity contribution in [3.63, 3.8) is 0 Å². The number of nitrogens with one attached hydrogen (secondary N) is 1. The van der Waals surface area contributed by atoms with Crippen LogP contribution in [0.2, 0.25) is 0 Å². The van der Waals surface area contributed by atoms with Crippen molar-refractivity contribution in [2.24, 2.45) is 0 Å². The Hall–Kier alpha value is -1.95. The molecule has 0 saturated carbocycles. The second-order valence-corrected chi connectivity index (χ2v) is 4.63. The summed E-state index contributed by atoms with van der Waals surface area (Å²) >= 11 is 1.20. The van der Waals surface area contributed by atoms with E-state index in [2.05, 4.69) is 5.32 Å². The molecule has 6 heteroatoms. The SMILES string of the molecule is CNC(=O)COC(=O)c1cc2cc(F)ccc2s1. The van der Waals surface area contributed by atoms with E-state index in [0.717, 1.165) is 4.70 Å². The number of amides is 1. The Bertz CT molecular complexity index is 608. The zero-order valence-electron chi connectivity index (χ0n) is 9.53. The third kappa shape index (κ3) is 2.65. The van der Waals surface area contributed by atoms with Gasteiger partial charge >= 0.3 is 5.97 Å². The first kappa shape index (κ1) is 12.5. The Morgan fingerprint density at radius 2 is 2.17 bits per heavy atom. The molecule has 1 N–H and O–H groups in total. The third-order valence-corrected chi connectivity index (χ3v) is 3.39. The maximum Gasteiger partial charge on any atom is 0.348 e. The Morgan fingerprint density at radius 3 is 2.89 bits per heavy atom. The van der Waals surface area contributed by atoms with Crippen LogP contribution in [0.1, 0.15) is 9.67 Å². The zero-order valence-corrected chi connectivity index (χ0v) is 10.3. The topological polar surface area (TPSA) is 55.4 Å². The van der Waals surface area contributed by atoms with Gasteiger partial charge in [-0.1, -0.05) is 0 Å². The van der Waals surface area contributed by atoms with Gasteiger partial charge in [0.1, 0.15) is 10.7 Å². The number of benzene rings is 1. The summed E-state index contributed by atoms with van der Waals surface area (Å²) in [5.74, 6) is -1.32. The van der Waals surface area contributed by atoms with Crippen LogP contribution >= 0.6 is 11.3 Å². The van der Waals surface area contributed by atoms with Gasteiger partial charge in [0.2, 0.25) is 0 Å². The summed E-state index contributed by atoms with van der Waals surface area (Å²) in [5.41, 5.74) is 0. The number of carbonyl (C=O) groups is 2. The van der Waals surface area contributed by atoms with Gasteiger partial charge in [0.15, 0.2) is 6.61 Å². The van der Waals surface area contributed by atoms with Crippen LogP contribution in [0, 0.1) is 5.82 Å². The molecule has 0 fully saturated rings. The van der Waals surface area contributed by atoms with Gasteiger partial charge in [-0.15, -0.1) is 11.3 Å². The van der Waals surface area contributed by atoms with Gasteiger partial charge in [-0.3, -0.25) is 4.79 Å². The highest BCUT2D eigenvalue weighted by molar-refractivity contribution is 7.20. The van der Waals surface area contributed by atoms with Crippen molar-refractivity contribution < 1.29 is 18.7 Å². The largest absolute Gasteiger partial charge is 0.451 e. The lowest BCUT2D eigenvalue weighted by Crippen LogP contribution is -2.24. The molecule has 0 radical (unpaired) electrons. The Balaban J connectivity index is 2.15. The molecule has 0 aliphatic rings. The molecule has 1 aromatic heterocycles. The van der Waals surface area contributed by atoms with Crippen molar-refractivity contribution in [3.05, 3.63) is 35.0 Å². The van der Waals surface area contributed by atoms with E-state index in [1.54, 1.807) is 12.1 Å². The van der Waals surface area contributed by atoms with Crippen molar-refractivity contribution in [2.75, 3.05) is 13.7 Å². The molecular formula is C12H10FNO3S. The highest BCUT2D eigenvalue weighted by Gasteiger charge is 2.13. The molecule has 1 aromatic carbocycles. The maximum absolute atomic E-state index is 13.0. The first-order valence-corrected chi connectivity index (χ1v) is 5.98. The number of hydrogen-bond donors (Lipinski definition) is 1. The van der Waals surface area contributed by atoms with Gasteiger partial charge < -0.3 is 10.1 Å². The number of ether oxygens (including phenoxy) is 1. The predicted molar refractivity (Wildman–Crippen MR) is 66.1 cm³/mol.